The lowest BCUT2D eigenvalue weighted by Crippen LogP contribution is -2.54. The van der Waals surface area contributed by atoms with E-state index < -0.39 is 24.1 Å². The van der Waals surface area contributed by atoms with Crippen LogP contribution in [0.5, 0.6) is 0 Å². The summed E-state index contributed by atoms with van der Waals surface area (Å²) in [5.74, 6) is -1.41. The zero-order chi connectivity index (χ0) is 20.1. The quantitative estimate of drug-likeness (QED) is 0.421. The van der Waals surface area contributed by atoms with Crippen LogP contribution in [0.25, 0.3) is 0 Å². The van der Waals surface area contributed by atoms with Gasteiger partial charge in [0.25, 0.3) is 11.8 Å². The molecule has 2 saturated carbocycles. The maximum absolute atomic E-state index is 12.8. The fourth-order valence-electron chi connectivity index (χ4n) is 4.65. The Labute approximate surface area is 165 Å². The van der Waals surface area contributed by atoms with E-state index in [0.29, 0.717) is 6.42 Å². The highest BCUT2D eigenvalue weighted by Crippen LogP contribution is 2.38. The molecule has 1 saturated heterocycles. The molecule has 1 aliphatic heterocycles. The molecule has 156 valence electrons. The van der Waals surface area contributed by atoms with E-state index in [-0.39, 0.29) is 30.4 Å². The van der Waals surface area contributed by atoms with Crippen molar-refractivity contribution < 1.29 is 23.9 Å². The number of ether oxygens (including phenoxy) is 1. The second-order valence-corrected chi connectivity index (χ2v) is 8.36. The average Bonchev–Trinajstić information content (AvgIpc) is 2.85. The number of nitrogens with one attached hydrogen (secondary N) is 2. The molecular formula is C20H31N3O5. The van der Waals surface area contributed by atoms with Crippen molar-refractivity contribution in [1.82, 2.24) is 15.5 Å². The predicted molar refractivity (Wildman–Crippen MR) is 101 cm³/mol. The summed E-state index contributed by atoms with van der Waals surface area (Å²) >= 11 is 0. The van der Waals surface area contributed by atoms with Crippen LogP contribution < -0.4 is 10.6 Å². The third-order valence-electron chi connectivity index (χ3n) is 6.37. The molecule has 3 fully saturated rings. The van der Waals surface area contributed by atoms with Gasteiger partial charge in [-0.05, 0) is 31.6 Å². The minimum atomic E-state index is -0.896. The van der Waals surface area contributed by atoms with Gasteiger partial charge >= 0.3 is 12.0 Å². The van der Waals surface area contributed by atoms with Crippen molar-refractivity contribution in [2.45, 2.75) is 82.7 Å². The first-order valence-corrected chi connectivity index (χ1v) is 10.5. The van der Waals surface area contributed by atoms with E-state index in [4.69, 9.17) is 4.74 Å². The summed E-state index contributed by atoms with van der Waals surface area (Å²) in [5.41, 5.74) is -0.896. The van der Waals surface area contributed by atoms with Crippen molar-refractivity contribution >= 4 is 23.8 Å². The lowest BCUT2D eigenvalue weighted by molar-refractivity contribution is -0.151. The van der Waals surface area contributed by atoms with Crippen molar-refractivity contribution in [3.63, 3.8) is 0 Å². The Bertz CT molecular complexity index is 629. The summed E-state index contributed by atoms with van der Waals surface area (Å²) in [6, 6.07) is -0.425. The van der Waals surface area contributed by atoms with Gasteiger partial charge in [0.15, 0.2) is 6.61 Å². The predicted octanol–water partition coefficient (Wildman–Crippen LogP) is 1.87. The molecule has 4 amide bonds. The van der Waals surface area contributed by atoms with Crippen molar-refractivity contribution in [3.8, 4) is 0 Å². The summed E-state index contributed by atoms with van der Waals surface area (Å²) in [6.45, 7) is 1.10. The van der Waals surface area contributed by atoms with Gasteiger partial charge in [-0.25, -0.2) is 4.79 Å². The van der Waals surface area contributed by atoms with Crippen molar-refractivity contribution in [1.29, 1.82) is 0 Å². The van der Waals surface area contributed by atoms with Crippen molar-refractivity contribution in [3.05, 3.63) is 0 Å². The van der Waals surface area contributed by atoms with Gasteiger partial charge < -0.3 is 15.4 Å². The van der Waals surface area contributed by atoms with Crippen LogP contribution in [0.3, 0.4) is 0 Å². The number of urea groups is 1. The first kappa shape index (κ1) is 20.6. The molecule has 0 bridgehead atoms. The lowest BCUT2D eigenvalue weighted by Gasteiger charge is -2.36. The van der Waals surface area contributed by atoms with Crippen LogP contribution in [0.15, 0.2) is 0 Å². The molecule has 0 unspecified atom stereocenters. The monoisotopic (exact) mass is 393 g/mol. The molecule has 8 heteroatoms. The summed E-state index contributed by atoms with van der Waals surface area (Å²) in [7, 11) is 0. The standard InChI is InChI=1S/C20H31N3O5/c1-14-8-6-7-11-20(14)18(26)23(19(27)22-20)12-17(25)28-13-16(24)21-15-9-4-2-3-5-10-15/h14-15H,2-13H2,1H3,(H,21,24)(H,22,27)/t14-,20+/m0/s1. The topological polar surface area (TPSA) is 105 Å². The van der Waals surface area contributed by atoms with Gasteiger partial charge in [-0.3, -0.25) is 19.3 Å². The highest BCUT2D eigenvalue weighted by atomic mass is 16.5. The van der Waals surface area contributed by atoms with Gasteiger partial charge in [0.05, 0.1) is 0 Å². The molecule has 0 radical (unpaired) electrons. The van der Waals surface area contributed by atoms with Gasteiger partial charge in [0.1, 0.15) is 12.1 Å². The van der Waals surface area contributed by atoms with Crippen molar-refractivity contribution in [2.75, 3.05) is 13.2 Å². The first-order valence-electron chi connectivity index (χ1n) is 10.5. The van der Waals surface area contributed by atoms with E-state index >= 15 is 0 Å². The van der Waals surface area contributed by atoms with Crippen LogP contribution in [0.4, 0.5) is 4.79 Å². The van der Waals surface area contributed by atoms with E-state index in [2.05, 4.69) is 10.6 Å². The third-order valence-corrected chi connectivity index (χ3v) is 6.37. The summed E-state index contributed by atoms with van der Waals surface area (Å²) in [4.78, 5) is 50.2. The Kier molecular flexibility index (Phi) is 6.57. The molecule has 3 rings (SSSR count). The zero-order valence-corrected chi connectivity index (χ0v) is 16.6. The van der Waals surface area contributed by atoms with Crippen LogP contribution in [-0.2, 0) is 19.1 Å². The summed E-state index contributed by atoms with van der Waals surface area (Å²) in [5, 5.41) is 5.70. The molecule has 2 N–H and O–H groups in total. The number of hydrogen-bond acceptors (Lipinski definition) is 5. The summed E-state index contributed by atoms with van der Waals surface area (Å²) in [6.07, 6.45) is 9.82. The van der Waals surface area contributed by atoms with Gasteiger partial charge in [-0.15, -0.1) is 0 Å². The molecule has 2 atom stereocenters. The molecule has 8 nitrogen and oxygen atoms in total. The molecule has 3 aliphatic rings. The average molecular weight is 393 g/mol. The molecule has 0 aromatic rings. The van der Waals surface area contributed by atoms with Gasteiger partial charge in [-0.2, -0.15) is 0 Å². The maximum atomic E-state index is 12.8. The zero-order valence-electron chi connectivity index (χ0n) is 16.6. The van der Waals surface area contributed by atoms with E-state index in [1.54, 1.807) is 0 Å². The minimum Gasteiger partial charge on any atom is -0.454 e. The largest absolute Gasteiger partial charge is 0.454 e. The maximum Gasteiger partial charge on any atom is 0.326 e. The second kappa shape index (κ2) is 8.92. The lowest BCUT2D eigenvalue weighted by atomic mass is 9.73. The Morgan fingerprint density at radius 3 is 2.46 bits per heavy atom. The van der Waals surface area contributed by atoms with E-state index in [9.17, 15) is 19.2 Å². The fourth-order valence-corrected chi connectivity index (χ4v) is 4.65. The van der Waals surface area contributed by atoms with Gasteiger partial charge in [0, 0.05) is 6.04 Å². The molecule has 1 spiro atoms. The molecule has 0 aromatic heterocycles. The number of rotatable bonds is 5. The molecule has 0 aromatic carbocycles. The molecule has 1 heterocycles. The van der Waals surface area contributed by atoms with Crippen molar-refractivity contribution in [2.24, 2.45) is 5.92 Å². The molecular weight excluding hydrogens is 362 g/mol. The number of carbonyl (C=O) groups excluding carboxylic acids is 4. The SMILES string of the molecule is C[C@H]1CCCC[C@@]12NC(=O)N(CC(=O)OCC(=O)NC1CCCCCC1)C2=O. The number of imide groups is 1. The number of hydrogen-bond donors (Lipinski definition) is 2. The fraction of sp³-hybridized carbons (Fsp3) is 0.800. The number of carbonyl (C=O) groups is 4. The highest BCUT2D eigenvalue weighted by molar-refractivity contribution is 6.09. The second-order valence-electron chi connectivity index (χ2n) is 8.36. The van der Waals surface area contributed by atoms with Gasteiger partial charge in [0.2, 0.25) is 0 Å². The number of amides is 4. The smallest absolute Gasteiger partial charge is 0.326 e. The highest BCUT2D eigenvalue weighted by Gasteiger charge is 2.55. The van der Waals surface area contributed by atoms with Crippen LogP contribution in [0.1, 0.15) is 71.1 Å². The van der Waals surface area contributed by atoms with Crippen LogP contribution in [0.2, 0.25) is 0 Å². The Balaban J connectivity index is 1.47. The van der Waals surface area contributed by atoms with E-state index in [1.807, 2.05) is 6.92 Å². The Morgan fingerprint density at radius 2 is 1.79 bits per heavy atom. The number of nitrogens with zero attached hydrogens (tertiary/aromatic N) is 1. The first-order chi connectivity index (χ1) is 13.4. The summed E-state index contributed by atoms with van der Waals surface area (Å²) < 4.78 is 5.01. The third kappa shape index (κ3) is 4.47. The van der Waals surface area contributed by atoms with Crippen LogP contribution in [-0.4, -0.2) is 53.4 Å². The molecule has 28 heavy (non-hydrogen) atoms. The van der Waals surface area contributed by atoms with Crippen LogP contribution in [0, 0.1) is 5.92 Å². The minimum absolute atomic E-state index is 0.0315. The van der Waals surface area contributed by atoms with Gasteiger partial charge in [-0.1, -0.05) is 45.4 Å². The van der Waals surface area contributed by atoms with Crippen LogP contribution >= 0.6 is 0 Å². The number of esters is 1. The Hall–Kier alpha value is -2.12. The molecule has 2 aliphatic carbocycles. The normalized spacial score (nSPS) is 28.8. The Morgan fingerprint density at radius 1 is 1.11 bits per heavy atom. The van der Waals surface area contributed by atoms with E-state index in [0.717, 1.165) is 49.8 Å². The van der Waals surface area contributed by atoms with E-state index in [1.165, 1.54) is 12.8 Å².